The summed E-state index contributed by atoms with van der Waals surface area (Å²) in [5, 5.41) is 2.49. The van der Waals surface area contributed by atoms with Gasteiger partial charge in [0.05, 0.1) is 4.90 Å². The van der Waals surface area contributed by atoms with Gasteiger partial charge in [-0.1, -0.05) is 36.4 Å². The van der Waals surface area contributed by atoms with Crippen LogP contribution in [0.4, 0.5) is 0 Å². The van der Waals surface area contributed by atoms with Gasteiger partial charge in [-0.05, 0) is 41.3 Å². The molecule has 0 spiro atoms. The van der Waals surface area contributed by atoms with E-state index in [1.807, 2.05) is 24.3 Å². The monoisotopic (exact) mass is 356 g/mol. The van der Waals surface area contributed by atoms with Crippen LogP contribution < -0.4 is 5.32 Å². The Morgan fingerprint density at radius 2 is 1.76 bits per heavy atom. The number of likely N-dealkylation sites (N-methyl/N-ethyl adjacent to an activating group) is 1. The Labute approximate surface area is 148 Å². The van der Waals surface area contributed by atoms with Gasteiger partial charge in [-0.25, -0.2) is 8.42 Å². The first-order chi connectivity index (χ1) is 12.0. The lowest BCUT2D eigenvalue weighted by atomic mass is 10.0. The molecule has 0 aliphatic carbocycles. The zero-order valence-electron chi connectivity index (χ0n) is 14.0. The Morgan fingerprint density at radius 1 is 1.08 bits per heavy atom. The van der Waals surface area contributed by atoms with Gasteiger partial charge in [0.15, 0.2) is 0 Å². The van der Waals surface area contributed by atoms with Crippen LogP contribution in [0.3, 0.4) is 0 Å². The highest BCUT2D eigenvalue weighted by molar-refractivity contribution is 7.89. The summed E-state index contributed by atoms with van der Waals surface area (Å²) in [7, 11) is -1.97. The Hall–Kier alpha value is -2.44. The molecule has 1 N–H and O–H groups in total. The summed E-state index contributed by atoms with van der Waals surface area (Å²) in [6.07, 6.45) is 3.78. The molecule has 5 nitrogen and oxygen atoms in total. The molecule has 0 atom stereocenters. The zero-order valence-corrected chi connectivity index (χ0v) is 14.8. The molecule has 25 heavy (non-hydrogen) atoms. The maximum atomic E-state index is 12.9. The standard InChI is InChI=1S/C19H20N2O3S/c1-20-19(22)11-8-15-6-9-18(10-7-15)25(23,24)21-13-12-16-4-2-3-5-17(16)14-21/h2-11H,12-14H2,1H3,(H,20,22)/b11-8+. The largest absolute Gasteiger partial charge is 0.356 e. The predicted octanol–water partition coefficient (Wildman–Crippen LogP) is 2.19. The molecule has 0 radical (unpaired) electrons. The van der Waals surface area contributed by atoms with Crippen molar-refractivity contribution in [3.63, 3.8) is 0 Å². The number of fused-ring (bicyclic) bond motifs is 1. The number of carbonyl (C=O) groups excluding carboxylic acids is 1. The third-order valence-electron chi connectivity index (χ3n) is 4.29. The minimum absolute atomic E-state index is 0.205. The lowest BCUT2D eigenvalue weighted by Gasteiger charge is -2.28. The zero-order chi connectivity index (χ0) is 17.9. The van der Waals surface area contributed by atoms with E-state index < -0.39 is 10.0 Å². The van der Waals surface area contributed by atoms with E-state index in [0.717, 1.165) is 17.5 Å². The SMILES string of the molecule is CNC(=O)/C=C/c1ccc(S(=O)(=O)N2CCc3ccccc3C2)cc1. The van der Waals surface area contributed by atoms with Crippen molar-refractivity contribution >= 4 is 22.0 Å². The van der Waals surface area contributed by atoms with Crippen LogP contribution in [-0.2, 0) is 27.8 Å². The van der Waals surface area contributed by atoms with E-state index in [9.17, 15) is 13.2 Å². The molecule has 1 aliphatic heterocycles. The number of amides is 1. The molecule has 3 rings (SSSR count). The fourth-order valence-electron chi connectivity index (χ4n) is 2.83. The molecule has 0 aromatic heterocycles. The number of hydrogen-bond donors (Lipinski definition) is 1. The second kappa shape index (κ2) is 7.21. The normalized spacial score (nSPS) is 15.1. The van der Waals surface area contributed by atoms with Crippen molar-refractivity contribution in [1.29, 1.82) is 0 Å². The van der Waals surface area contributed by atoms with Crippen LogP contribution in [0, 0.1) is 0 Å². The van der Waals surface area contributed by atoms with Crippen LogP contribution in [0.1, 0.15) is 16.7 Å². The van der Waals surface area contributed by atoms with Crippen molar-refractivity contribution in [2.24, 2.45) is 0 Å². The second-order valence-electron chi connectivity index (χ2n) is 5.87. The van der Waals surface area contributed by atoms with Crippen molar-refractivity contribution in [2.45, 2.75) is 17.9 Å². The van der Waals surface area contributed by atoms with Crippen LogP contribution >= 0.6 is 0 Å². The molecular weight excluding hydrogens is 336 g/mol. The molecule has 2 aromatic carbocycles. The first kappa shape index (κ1) is 17.4. The summed E-state index contributed by atoms with van der Waals surface area (Å²) in [6, 6.07) is 14.5. The molecule has 1 aliphatic rings. The van der Waals surface area contributed by atoms with Crippen LogP contribution in [0.5, 0.6) is 0 Å². The van der Waals surface area contributed by atoms with E-state index in [-0.39, 0.29) is 10.8 Å². The van der Waals surface area contributed by atoms with Gasteiger partial charge in [0.25, 0.3) is 0 Å². The van der Waals surface area contributed by atoms with Gasteiger partial charge in [0.1, 0.15) is 0 Å². The minimum Gasteiger partial charge on any atom is -0.356 e. The van der Waals surface area contributed by atoms with Crippen LogP contribution in [0.2, 0.25) is 0 Å². The number of nitrogens with one attached hydrogen (secondary N) is 1. The van der Waals surface area contributed by atoms with Crippen molar-refractivity contribution in [1.82, 2.24) is 9.62 Å². The molecule has 0 bridgehead atoms. The number of carbonyl (C=O) groups is 1. The summed E-state index contributed by atoms with van der Waals surface area (Å²) in [6.45, 7) is 0.883. The van der Waals surface area contributed by atoms with Gasteiger partial charge in [0, 0.05) is 26.2 Å². The molecular formula is C19H20N2O3S. The lowest BCUT2D eigenvalue weighted by Crippen LogP contribution is -2.35. The Bertz CT molecular complexity index is 903. The predicted molar refractivity (Wildman–Crippen MR) is 97.3 cm³/mol. The highest BCUT2D eigenvalue weighted by Gasteiger charge is 2.27. The molecule has 1 amide bonds. The van der Waals surface area contributed by atoms with Crippen molar-refractivity contribution in [3.8, 4) is 0 Å². The highest BCUT2D eigenvalue weighted by Crippen LogP contribution is 2.25. The Kier molecular flexibility index (Phi) is 5.01. The first-order valence-electron chi connectivity index (χ1n) is 8.07. The fraction of sp³-hybridized carbons (Fsp3) is 0.211. The summed E-state index contributed by atoms with van der Waals surface area (Å²) in [5.41, 5.74) is 3.04. The maximum absolute atomic E-state index is 12.9. The molecule has 2 aromatic rings. The molecule has 130 valence electrons. The van der Waals surface area contributed by atoms with Gasteiger partial charge in [-0.3, -0.25) is 4.79 Å². The smallest absolute Gasteiger partial charge is 0.243 e. The number of nitrogens with zero attached hydrogens (tertiary/aromatic N) is 1. The fourth-order valence-corrected chi connectivity index (χ4v) is 4.25. The van der Waals surface area contributed by atoms with E-state index in [0.29, 0.717) is 13.1 Å². The summed E-state index contributed by atoms with van der Waals surface area (Å²) in [5.74, 6) is -0.205. The third kappa shape index (κ3) is 3.81. The van der Waals surface area contributed by atoms with Crippen molar-refractivity contribution in [2.75, 3.05) is 13.6 Å². The van der Waals surface area contributed by atoms with Crippen LogP contribution in [0.25, 0.3) is 6.08 Å². The summed E-state index contributed by atoms with van der Waals surface area (Å²) < 4.78 is 27.2. The number of hydrogen-bond acceptors (Lipinski definition) is 3. The van der Waals surface area contributed by atoms with E-state index >= 15 is 0 Å². The minimum atomic E-state index is -3.53. The van der Waals surface area contributed by atoms with E-state index in [1.165, 1.54) is 15.9 Å². The number of rotatable bonds is 4. The molecule has 6 heteroatoms. The van der Waals surface area contributed by atoms with E-state index in [4.69, 9.17) is 0 Å². The van der Waals surface area contributed by atoms with Gasteiger partial charge in [0.2, 0.25) is 15.9 Å². The van der Waals surface area contributed by atoms with Crippen LogP contribution in [0.15, 0.2) is 59.5 Å². The number of benzene rings is 2. The summed E-state index contributed by atoms with van der Waals surface area (Å²) in [4.78, 5) is 11.5. The van der Waals surface area contributed by atoms with E-state index in [2.05, 4.69) is 5.32 Å². The van der Waals surface area contributed by atoms with Gasteiger partial charge in [-0.15, -0.1) is 0 Å². The topological polar surface area (TPSA) is 66.5 Å². The van der Waals surface area contributed by atoms with Crippen molar-refractivity contribution < 1.29 is 13.2 Å². The van der Waals surface area contributed by atoms with Gasteiger partial charge < -0.3 is 5.32 Å². The Morgan fingerprint density at radius 3 is 2.44 bits per heavy atom. The third-order valence-corrected chi connectivity index (χ3v) is 6.15. The van der Waals surface area contributed by atoms with Gasteiger partial charge in [-0.2, -0.15) is 4.31 Å². The molecule has 1 heterocycles. The quantitative estimate of drug-likeness (QED) is 0.854. The molecule has 0 saturated heterocycles. The molecule has 0 fully saturated rings. The maximum Gasteiger partial charge on any atom is 0.243 e. The number of sulfonamides is 1. The lowest BCUT2D eigenvalue weighted by molar-refractivity contribution is -0.115. The van der Waals surface area contributed by atoms with E-state index in [1.54, 1.807) is 37.4 Å². The second-order valence-corrected chi connectivity index (χ2v) is 7.81. The Balaban J connectivity index is 1.79. The molecule has 0 unspecified atom stereocenters. The highest BCUT2D eigenvalue weighted by atomic mass is 32.2. The van der Waals surface area contributed by atoms with Crippen molar-refractivity contribution in [3.05, 3.63) is 71.3 Å². The average Bonchev–Trinajstić information content (AvgIpc) is 2.66. The summed E-state index contributed by atoms with van der Waals surface area (Å²) >= 11 is 0. The van der Waals surface area contributed by atoms with Crippen LogP contribution in [-0.4, -0.2) is 32.2 Å². The van der Waals surface area contributed by atoms with Gasteiger partial charge >= 0.3 is 0 Å². The molecule has 0 saturated carbocycles. The first-order valence-corrected chi connectivity index (χ1v) is 9.51. The average molecular weight is 356 g/mol.